The summed E-state index contributed by atoms with van der Waals surface area (Å²) in [6.45, 7) is 1.05. The van der Waals surface area contributed by atoms with Gasteiger partial charge in [-0.15, -0.1) is 0 Å². The van der Waals surface area contributed by atoms with Crippen molar-refractivity contribution in [3.05, 3.63) is 59.7 Å². The van der Waals surface area contributed by atoms with Crippen molar-refractivity contribution in [2.75, 3.05) is 6.79 Å². The van der Waals surface area contributed by atoms with Crippen LogP contribution in [-0.2, 0) is 22.6 Å². The van der Waals surface area contributed by atoms with E-state index in [0.29, 0.717) is 24.4 Å². The van der Waals surface area contributed by atoms with Crippen LogP contribution < -0.4 is 10.2 Å². The molecule has 1 aliphatic rings. The van der Waals surface area contributed by atoms with Crippen LogP contribution in [0.15, 0.2) is 48.5 Å². The molecule has 0 bridgehead atoms. The summed E-state index contributed by atoms with van der Waals surface area (Å²) in [7, 11) is -0.907. The second-order valence-corrected chi connectivity index (χ2v) is 4.59. The largest absolute Gasteiger partial charge is 0.495 e. The van der Waals surface area contributed by atoms with E-state index < -0.39 is 7.12 Å². The van der Waals surface area contributed by atoms with Gasteiger partial charge >= 0.3 is 7.12 Å². The number of hydrogen-bond acceptors (Lipinski definition) is 4. The van der Waals surface area contributed by atoms with Crippen LogP contribution in [0, 0.1) is 0 Å². The third kappa shape index (κ3) is 2.85. The lowest BCUT2D eigenvalue weighted by Gasteiger charge is -2.11. The summed E-state index contributed by atoms with van der Waals surface area (Å²) in [5.74, 6) is 0.612. The molecule has 0 aliphatic carbocycles. The molecule has 2 aromatic rings. The van der Waals surface area contributed by atoms with E-state index in [1.54, 1.807) is 0 Å². The van der Waals surface area contributed by atoms with Gasteiger partial charge in [-0.3, -0.25) is 0 Å². The summed E-state index contributed by atoms with van der Waals surface area (Å²) in [5.41, 5.74) is 2.76. The van der Waals surface area contributed by atoms with Gasteiger partial charge in [0.25, 0.3) is 0 Å². The van der Waals surface area contributed by atoms with Crippen molar-refractivity contribution in [1.29, 1.82) is 0 Å². The van der Waals surface area contributed by atoms with Gasteiger partial charge in [0, 0.05) is 5.46 Å². The number of hydrogen-bond donors (Lipinski definition) is 1. The van der Waals surface area contributed by atoms with Crippen molar-refractivity contribution in [2.45, 2.75) is 13.2 Å². The highest BCUT2D eigenvalue weighted by Crippen LogP contribution is 2.18. The molecule has 4 nitrogen and oxygen atoms in total. The molecular formula is C15H15BO4. The van der Waals surface area contributed by atoms with E-state index in [1.807, 2.05) is 48.5 Å². The van der Waals surface area contributed by atoms with Crippen LogP contribution in [0.3, 0.4) is 0 Å². The van der Waals surface area contributed by atoms with Crippen molar-refractivity contribution in [1.82, 2.24) is 0 Å². The zero-order valence-corrected chi connectivity index (χ0v) is 11.0. The maximum Gasteiger partial charge on any atom is 0.495 e. The predicted molar refractivity (Wildman–Crippen MR) is 75.6 cm³/mol. The molecular weight excluding hydrogens is 255 g/mol. The zero-order valence-electron chi connectivity index (χ0n) is 11.0. The molecule has 3 rings (SSSR count). The van der Waals surface area contributed by atoms with E-state index >= 15 is 0 Å². The molecule has 1 N–H and O–H groups in total. The molecule has 102 valence electrons. The first kappa shape index (κ1) is 13.2. The Morgan fingerprint density at radius 3 is 2.80 bits per heavy atom. The minimum Gasteiger partial charge on any atom is -0.468 e. The predicted octanol–water partition coefficient (Wildman–Crippen LogP) is 1.46. The number of benzene rings is 2. The molecule has 20 heavy (non-hydrogen) atoms. The first-order valence-corrected chi connectivity index (χ1v) is 6.50. The van der Waals surface area contributed by atoms with E-state index in [-0.39, 0.29) is 6.79 Å². The van der Waals surface area contributed by atoms with Crippen LogP contribution in [0.2, 0.25) is 0 Å². The lowest BCUT2D eigenvalue weighted by Crippen LogP contribution is -2.30. The highest BCUT2D eigenvalue weighted by Gasteiger charge is 2.30. The van der Waals surface area contributed by atoms with Crippen LogP contribution in [0.1, 0.15) is 11.1 Å². The number of fused-ring (bicyclic) bond motifs is 1. The molecule has 0 aromatic heterocycles. The maximum absolute atomic E-state index is 9.75. The average Bonchev–Trinajstić information content (AvgIpc) is 2.87. The van der Waals surface area contributed by atoms with Crippen molar-refractivity contribution in [2.24, 2.45) is 0 Å². The van der Waals surface area contributed by atoms with Gasteiger partial charge in [-0.05, 0) is 17.2 Å². The van der Waals surface area contributed by atoms with Crippen molar-refractivity contribution in [3.63, 3.8) is 0 Å². The Hall–Kier alpha value is -1.82. The normalized spacial score (nSPS) is 13.3. The van der Waals surface area contributed by atoms with Gasteiger partial charge in [-0.2, -0.15) is 0 Å². The highest BCUT2D eigenvalue weighted by atomic mass is 16.7. The number of rotatable bonds is 5. The minimum atomic E-state index is -0.907. The standard InChI is InChI=1S/C15H15BO4/c17-16-15-13(10-20-16)7-4-8-14(15)19-11-18-9-12-5-2-1-3-6-12/h1-8,17H,9-11H2. The Morgan fingerprint density at radius 2 is 1.95 bits per heavy atom. The Morgan fingerprint density at radius 1 is 1.10 bits per heavy atom. The van der Waals surface area contributed by atoms with Crippen molar-refractivity contribution in [3.8, 4) is 5.75 Å². The Bertz CT molecular complexity index is 573. The van der Waals surface area contributed by atoms with Crippen LogP contribution in [0.5, 0.6) is 5.75 Å². The summed E-state index contributed by atoms with van der Waals surface area (Å²) in [6, 6.07) is 15.5. The molecule has 1 heterocycles. The molecule has 0 fully saturated rings. The quantitative estimate of drug-likeness (QED) is 0.507. The van der Waals surface area contributed by atoms with Crippen LogP contribution in [0.25, 0.3) is 0 Å². The molecule has 0 spiro atoms. The van der Waals surface area contributed by atoms with Gasteiger partial charge in [-0.25, -0.2) is 0 Å². The zero-order chi connectivity index (χ0) is 13.8. The number of ether oxygens (including phenoxy) is 2. The highest BCUT2D eigenvalue weighted by molar-refractivity contribution is 6.62. The Balaban J connectivity index is 1.56. The minimum absolute atomic E-state index is 0.137. The van der Waals surface area contributed by atoms with Gasteiger partial charge in [0.05, 0.1) is 13.2 Å². The smallest absolute Gasteiger partial charge is 0.468 e. The van der Waals surface area contributed by atoms with Crippen molar-refractivity contribution < 1.29 is 19.2 Å². The lowest BCUT2D eigenvalue weighted by atomic mass is 9.79. The second-order valence-electron chi connectivity index (χ2n) is 4.59. The fourth-order valence-electron chi connectivity index (χ4n) is 2.21. The molecule has 0 unspecified atom stereocenters. The van der Waals surface area contributed by atoms with Gasteiger partial charge in [0.15, 0.2) is 6.79 Å². The molecule has 0 saturated carbocycles. The van der Waals surface area contributed by atoms with Crippen molar-refractivity contribution >= 4 is 12.6 Å². The van der Waals surface area contributed by atoms with Gasteiger partial charge in [0.2, 0.25) is 0 Å². The summed E-state index contributed by atoms with van der Waals surface area (Å²) in [4.78, 5) is 0. The molecule has 0 radical (unpaired) electrons. The summed E-state index contributed by atoms with van der Waals surface area (Å²) >= 11 is 0. The first-order chi connectivity index (χ1) is 9.84. The molecule has 0 amide bonds. The lowest BCUT2D eigenvalue weighted by molar-refractivity contribution is 0.00554. The van der Waals surface area contributed by atoms with Crippen LogP contribution >= 0.6 is 0 Å². The topological polar surface area (TPSA) is 47.9 Å². The van der Waals surface area contributed by atoms with E-state index in [4.69, 9.17) is 14.1 Å². The average molecular weight is 270 g/mol. The van der Waals surface area contributed by atoms with E-state index in [2.05, 4.69) is 0 Å². The van der Waals surface area contributed by atoms with Crippen LogP contribution in [-0.4, -0.2) is 18.9 Å². The molecule has 0 saturated heterocycles. The van der Waals surface area contributed by atoms with Gasteiger partial charge in [0.1, 0.15) is 5.75 Å². The fraction of sp³-hybridized carbons (Fsp3) is 0.200. The van der Waals surface area contributed by atoms with Gasteiger partial charge in [-0.1, -0.05) is 42.5 Å². The maximum atomic E-state index is 9.75. The van der Waals surface area contributed by atoms with E-state index in [1.165, 1.54) is 0 Å². The molecule has 1 aliphatic heterocycles. The summed E-state index contributed by atoms with van der Waals surface area (Å²) < 4.78 is 16.2. The van der Waals surface area contributed by atoms with E-state index in [0.717, 1.165) is 11.1 Å². The monoisotopic (exact) mass is 270 g/mol. The third-order valence-corrected chi connectivity index (χ3v) is 3.21. The fourth-order valence-corrected chi connectivity index (χ4v) is 2.21. The molecule has 0 atom stereocenters. The summed E-state index contributed by atoms with van der Waals surface area (Å²) in [6.07, 6.45) is 0. The SMILES string of the molecule is OB1OCc2cccc(OCOCc3ccccc3)c21. The van der Waals surface area contributed by atoms with Gasteiger partial charge < -0.3 is 19.2 Å². The first-order valence-electron chi connectivity index (χ1n) is 6.50. The Labute approximate surface area is 118 Å². The Kier molecular flexibility index (Phi) is 4.01. The van der Waals surface area contributed by atoms with E-state index in [9.17, 15) is 5.02 Å². The molecule has 2 aromatic carbocycles. The van der Waals surface area contributed by atoms with Crippen LogP contribution in [0.4, 0.5) is 0 Å². The third-order valence-electron chi connectivity index (χ3n) is 3.21. The molecule has 5 heteroatoms. The second kappa shape index (κ2) is 6.09. The summed E-state index contributed by atoms with van der Waals surface area (Å²) in [5, 5.41) is 9.75.